The van der Waals surface area contributed by atoms with Crippen molar-refractivity contribution in [3.05, 3.63) is 111 Å². The summed E-state index contributed by atoms with van der Waals surface area (Å²) in [5, 5.41) is 29.2. The van der Waals surface area contributed by atoms with Crippen molar-refractivity contribution in [3.63, 3.8) is 0 Å². The van der Waals surface area contributed by atoms with Gasteiger partial charge in [-0.2, -0.15) is 5.26 Å². The Morgan fingerprint density at radius 1 is 1.12 bits per heavy atom. The van der Waals surface area contributed by atoms with Crippen LogP contribution in [0.2, 0.25) is 0 Å². The Labute approximate surface area is 251 Å². The zero-order valence-corrected chi connectivity index (χ0v) is 24.0. The number of carboxylic acid groups (broad SMARTS) is 1. The summed E-state index contributed by atoms with van der Waals surface area (Å²) in [5.41, 5.74) is 5.60. The van der Waals surface area contributed by atoms with Crippen LogP contribution in [0.5, 0.6) is 0 Å². The number of imidazole rings is 1. The maximum atomic E-state index is 14.4. The quantitative estimate of drug-likeness (QED) is 0.235. The van der Waals surface area contributed by atoms with Gasteiger partial charge in [0.1, 0.15) is 11.6 Å². The maximum absolute atomic E-state index is 14.4. The Hall–Kier alpha value is -4.50. The number of fused-ring (bicyclic) bond motifs is 1. The lowest BCUT2D eigenvalue weighted by Crippen LogP contribution is -2.33. The molecule has 2 N–H and O–H groups in total. The molecular formula is C32H29FN6O3S. The first-order valence-electron chi connectivity index (χ1n) is 14.0. The number of hydrogen-bond acceptors (Lipinski definition) is 8. The normalized spacial score (nSPS) is 15.0. The van der Waals surface area contributed by atoms with Gasteiger partial charge < -0.3 is 14.8 Å². The molecule has 0 radical (unpaired) electrons. The van der Waals surface area contributed by atoms with Gasteiger partial charge in [-0.25, -0.2) is 14.2 Å². The molecule has 43 heavy (non-hydrogen) atoms. The molecule has 1 saturated heterocycles. The standard InChI is InChI=1S/C32H29FN6O3S/c33-26-12-20(15-34)4-6-25(26)30(40)14-23-2-1-3-27(36-23)21-8-10-38(11-9-21)18-31-37-28-7-5-22(32(41)42)13-29(28)39(31)17-24-16-35-19-43-24/h1-7,12-13,16,19,21,30,40H,8-11,14,17-18H2,(H,41,42). The van der Waals surface area contributed by atoms with E-state index in [0.717, 1.165) is 59.4 Å². The highest BCUT2D eigenvalue weighted by Crippen LogP contribution is 2.30. The highest BCUT2D eigenvalue weighted by molar-refractivity contribution is 7.09. The molecule has 1 unspecified atom stereocenters. The Kier molecular flexibility index (Phi) is 8.24. The Morgan fingerprint density at radius 3 is 2.67 bits per heavy atom. The van der Waals surface area contributed by atoms with Gasteiger partial charge in [-0.15, -0.1) is 11.3 Å². The Balaban J connectivity index is 1.13. The summed E-state index contributed by atoms with van der Waals surface area (Å²) in [6.45, 7) is 2.91. The van der Waals surface area contributed by atoms with Gasteiger partial charge in [-0.05, 0) is 68.4 Å². The number of carboxylic acids is 1. The lowest BCUT2D eigenvalue weighted by molar-refractivity contribution is 0.0697. The third-order valence-electron chi connectivity index (χ3n) is 7.96. The van der Waals surface area contributed by atoms with E-state index in [-0.39, 0.29) is 29.0 Å². The number of likely N-dealkylation sites (tertiary alicyclic amines) is 1. The number of benzene rings is 2. The van der Waals surface area contributed by atoms with E-state index in [9.17, 15) is 19.4 Å². The predicted molar refractivity (Wildman–Crippen MR) is 159 cm³/mol. The first-order valence-corrected chi connectivity index (χ1v) is 14.9. The summed E-state index contributed by atoms with van der Waals surface area (Å²) in [7, 11) is 0. The van der Waals surface area contributed by atoms with Crippen LogP contribution in [0.25, 0.3) is 11.0 Å². The molecule has 2 aromatic carbocycles. The number of carbonyl (C=O) groups is 1. The van der Waals surface area contributed by atoms with Crippen LogP contribution in [0, 0.1) is 17.1 Å². The second kappa shape index (κ2) is 12.4. The molecule has 0 saturated carbocycles. The number of pyridine rings is 1. The molecule has 3 aromatic heterocycles. The van der Waals surface area contributed by atoms with Crippen molar-refractivity contribution >= 4 is 28.3 Å². The molecule has 0 amide bonds. The highest BCUT2D eigenvalue weighted by atomic mass is 32.1. The van der Waals surface area contributed by atoms with Crippen molar-refractivity contribution in [1.82, 2.24) is 24.4 Å². The number of hydrogen-bond donors (Lipinski definition) is 2. The van der Waals surface area contributed by atoms with Gasteiger partial charge in [0, 0.05) is 40.4 Å². The van der Waals surface area contributed by atoms with E-state index >= 15 is 0 Å². The zero-order chi connectivity index (χ0) is 29.9. The van der Waals surface area contributed by atoms with Crippen molar-refractivity contribution in [2.45, 2.75) is 44.4 Å². The fourth-order valence-corrected chi connectivity index (χ4v) is 6.26. The predicted octanol–water partition coefficient (Wildman–Crippen LogP) is 5.30. The first-order chi connectivity index (χ1) is 20.9. The topological polar surface area (TPSA) is 128 Å². The van der Waals surface area contributed by atoms with Crippen molar-refractivity contribution in [1.29, 1.82) is 5.26 Å². The van der Waals surface area contributed by atoms with Crippen LogP contribution in [-0.4, -0.2) is 53.7 Å². The molecule has 1 fully saturated rings. The van der Waals surface area contributed by atoms with Crippen LogP contribution in [0.1, 0.15) is 68.4 Å². The largest absolute Gasteiger partial charge is 0.478 e. The van der Waals surface area contributed by atoms with Crippen molar-refractivity contribution in [3.8, 4) is 6.07 Å². The summed E-state index contributed by atoms with van der Waals surface area (Å²) in [4.78, 5) is 28.9. The molecule has 9 nitrogen and oxygen atoms in total. The van der Waals surface area contributed by atoms with Gasteiger partial charge in [0.05, 0.1) is 52.9 Å². The Bertz CT molecular complexity index is 1810. The number of aliphatic hydroxyl groups is 1. The third kappa shape index (κ3) is 6.32. The first kappa shape index (κ1) is 28.6. The van der Waals surface area contributed by atoms with Crippen LogP contribution >= 0.6 is 11.3 Å². The second-order valence-electron chi connectivity index (χ2n) is 10.8. The molecule has 0 spiro atoms. The molecule has 1 aliphatic heterocycles. The number of aromatic nitrogens is 4. The monoisotopic (exact) mass is 596 g/mol. The highest BCUT2D eigenvalue weighted by Gasteiger charge is 2.24. The number of thiazole rings is 1. The van der Waals surface area contributed by atoms with Crippen molar-refractivity contribution < 1.29 is 19.4 Å². The van der Waals surface area contributed by atoms with Crippen LogP contribution in [-0.2, 0) is 19.5 Å². The number of halogens is 1. The number of nitrogens with zero attached hydrogens (tertiary/aromatic N) is 6. The minimum Gasteiger partial charge on any atom is -0.478 e. The molecular weight excluding hydrogens is 567 g/mol. The number of aliphatic hydroxyl groups excluding tert-OH is 1. The van der Waals surface area contributed by atoms with E-state index in [1.807, 2.05) is 30.5 Å². The van der Waals surface area contributed by atoms with Gasteiger partial charge >= 0.3 is 5.97 Å². The van der Waals surface area contributed by atoms with Gasteiger partial charge in [-0.3, -0.25) is 14.9 Å². The zero-order valence-electron chi connectivity index (χ0n) is 23.2. The molecule has 218 valence electrons. The molecule has 0 bridgehead atoms. The van der Waals surface area contributed by atoms with Crippen LogP contribution in [0.3, 0.4) is 0 Å². The average Bonchev–Trinajstić information content (AvgIpc) is 3.65. The number of aromatic carboxylic acids is 1. The molecule has 4 heterocycles. The summed E-state index contributed by atoms with van der Waals surface area (Å²) < 4.78 is 16.5. The minimum atomic E-state index is -1.06. The summed E-state index contributed by atoms with van der Waals surface area (Å²) in [5.74, 6) is -0.426. The van der Waals surface area contributed by atoms with Crippen molar-refractivity contribution in [2.24, 2.45) is 0 Å². The number of nitriles is 1. The lowest BCUT2D eigenvalue weighted by Gasteiger charge is -2.31. The van der Waals surface area contributed by atoms with Crippen molar-refractivity contribution in [2.75, 3.05) is 13.1 Å². The summed E-state index contributed by atoms with van der Waals surface area (Å²) >= 11 is 1.56. The number of piperidine rings is 1. The molecule has 11 heteroatoms. The smallest absolute Gasteiger partial charge is 0.335 e. The average molecular weight is 597 g/mol. The van der Waals surface area contributed by atoms with Crippen LogP contribution in [0.4, 0.5) is 4.39 Å². The van der Waals surface area contributed by atoms with Gasteiger partial charge in [-0.1, -0.05) is 12.1 Å². The number of rotatable bonds is 9. The van der Waals surface area contributed by atoms with E-state index in [1.165, 1.54) is 12.1 Å². The van der Waals surface area contributed by atoms with Crippen LogP contribution < -0.4 is 0 Å². The SMILES string of the molecule is N#Cc1ccc(C(O)Cc2cccc(C3CCN(Cc4nc5ccc(C(=O)O)cc5n4Cc4cncs4)CC3)n2)c(F)c1. The van der Waals surface area contributed by atoms with E-state index in [0.29, 0.717) is 18.8 Å². The van der Waals surface area contributed by atoms with Gasteiger partial charge in [0.2, 0.25) is 0 Å². The lowest BCUT2D eigenvalue weighted by atomic mass is 9.92. The van der Waals surface area contributed by atoms with Gasteiger partial charge in [0.25, 0.3) is 0 Å². The molecule has 1 atom stereocenters. The van der Waals surface area contributed by atoms with E-state index in [1.54, 1.807) is 35.0 Å². The van der Waals surface area contributed by atoms with Crippen LogP contribution in [0.15, 0.2) is 66.3 Å². The minimum absolute atomic E-state index is 0.153. The molecule has 1 aliphatic rings. The summed E-state index contributed by atoms with van der Waals surface area (Å²) in [6, 6.07) is 16.8. The second-order valence-corrected chi connectivity index (χ2v) is 11.7. The van der Waals surface area contributed by atoms with E-state index in [4.69, 9.17) is 15.2 Å². The van der Waals surface area contributed by atoms with E-state index < -0.39 is 17.9 Å². The molecule has 5 aromatic rings. The summed E-state index contributed by atoms with van der Waals surface area (Å²) in [6.07, 6.45) is 2.75. The molecule has 6 rings (SSSR count). The van der Waals surface area contributed by atoms with E-state index in [2.05, 4.69) is 14.5 Å². The maximum Gasteiger partial charge on any atom is 0.335 e. The fraction of sp³-hybridized carbons (Fsp3) is 0.281. The van der Waals surface area contributed by atoms with Gasteiger partial charge in [0.15, 0.2) is 0 Å². The fourth-order valence-electron chi connectivity index (χ4n) is 5.68. The Morgan fingerprint density at radius 2 is 1.95 bits per heavy atom. The third-order valence-corrected chi connectivity index (χ3v) is 8.73. The molecule has 0 aliphatic carbocycles.